The van der Waals surface area contributed by atoms with Gasteiger partial charge in [0, 0.05) is 24.0 Å². The number of nitrogens with zero attached hydrogens (tertiary/aromatic N) is 1. The van der Waals surface area contributed by atoms with Crippen molar-refractivity contribution in [2.75, 3.05) is 27.2 Å². The first-order valence-electron chi connectivity index (χ1n) is 6.91. The molecule has 0 aliphatic rings. The van der Waals surface area contributed by atoms with Gasteiger partial charge in [-0.25, -0.2) is 0 Å². The second kappa shape index (κ2) is 7.94. The minimum atomic E-state index is 0.215. The Labute approximate surface area is 138 Å². The molecule has 0 saturated carbocycles. The van der Waals surface area contributed by atoms with Gasteiger partial charge in [-0.2, -0.15) is 0 Å². The fourth-order valence-corrected chi connectivity index (χ4v) is 3.61. The van der Waals surface area contributed by atoms with Crippen molar-refractivity contribution in [3.8, 4) is 5.75 Å². The number of nitrogens with two attached hydrogens (primary N) is 1. The van der Waals surface area contributed by atoms with Gasteiger partial charge in [-0.05, 0) is 58.5 Å². The summed E-state index contributed by atoms with van der Waals surface area (Å²) in [6.07, 6.45) is 1.06. The molecule has 0 radical (unpaired) electrons. The van der Waals surface area contributed by atoms with Crippen molar-refractivity contribution >= 4 is 27.3 Å². The van der Waals surface area contributed by atoms with Crippen LogP contribution in [-0.4, -0.2) is 32.1 Å². The van der Waals surface area contributed by atoms with Gasteiger partial charge in [0.05, 0.1) is 11.6 Å². The van der Waals surface area contributed by atoms with E-state index in [1.54, 1.807) is 18.4 Å². The number of hydrogen-bond acceptors (Lipinski definition) is 4. The molecule has 0 amide bonds. The third-order valence-electron chi connectivity index (χ3n) is 3.61. The Morgan fingerprint density at radius 1 is 1.38 bits per heavy atom. The number of likely N-dealkylation sites (N-methyl/N-ethyl adjacent to an activating group) is 1. The van der Waals surface area contributed by atoms with Crippen molar-refractivity contribution in [2.24, 2.45) is 5.73 Å². The monoisotopic (exact) mass is 368 g/mol. The van der Waals surface area contributed by atoms with Crippen molar-refractivity contribution in [1.82, 2.24) is 4.90 Å². The smallest absolute Gasteiger partial charge is 0.133 e. The van der Waals surface area contributed by atoms with Crippen LogP contribution in [0.2, 0.25) is 0 Å². The molecule has 0 fully saturated rings. The van der Waals surface area contributed by atoms with E-state index in [4.69, 9.17) is 10.5 Å². The van der Waals surface area contributed by atoms with E-state index in [0.717, 1.165) is 23.2 Å². The van der Waals surface area contributed by atoms with Crippen molar-refractivity contribution < 1.29 is 4.74 Å². The quantitative estimate of drug-likeness (QED) is 0.809. The third-order valence-corrected chi connectivity index (χ3v) is 5.16. The number of hydrogen-bond donors (Lipinski definition) is 1. The van der Waals surface area contributed by atoms with Crippen LogP contribution < -0.4 is 10.5 Å². The zero-order valence-electron chi connectivity index (χ0n) is 12.4. The standard InChI is InChI=1S/C16H21BrN2OS/c1-19(8-7-13-4-3-9-21-13)15(11-18)12-5-6-16(20-2)14(17)10-12/h3-6,9-10,15H,7-8,11,18H2,1-2H3. The van der Waals surface area contributed by atoms with Crippen molar-refractivity contribution in [1.29, 1.82) is 0 Å². The molecular weight excluding hydrogens is 348 g/mol. The van der Waals surface area contributed by atoms with Crippen LogP contribution in [0.4, 0.5) is 0 Å². The maximum absolute atomic E-state index is 5.99. The van der Waals surface area contributed by atoms with Gasteiger partial charge in [0.2, 0.25) is 0 Å². The van der Waals surface area contributed by atoms with Gasteiger partial charge < -0.3 is 10.5 Å². The minimum absolute atomic E-state index is 0.215. The molecule has 3 nitrogen and oxygen atoms in total. The highest BCUT2D eigenvalue weighted by molar-refractivity contribution is 9.10. The van der Waals surface area contributed by atoms with Gasteiger partial charge in [0.15, 0.2) is 0 Å². The molecule has 0 aliphatic carbocycles. The first kappa shape index (κ1) is 16.5. The molecule has 1 aromatic heterocycles. The molecule has 2 aromatic rings. The second-order valence-corrected chi connectivity index (χ2v) is 6.84. The zero-order valence-corrected chi connectivity index (χ0v) is 14.8. The molecule has 21 heavy (non-hydrogen) atoms. The molecule has 1 atom stereocenters. The predicted molar refractivity (Wildman–Crippen MR) is 93.1 cm³/mol. The summed E-state index contributed by atoms with van der Waals surface area (Å²) in [5, 5.41) is 2.12. The largest absolute Gasteiger partial charge is 0.496 e. The van der Waals surface area contributed by atoms with Crippen LogP contribution in [0.15, 0.2) is 40.2 Å². The van der Waals surface area contributed by atoms with Crippen LogP contribution in [-0.2, 0) is 6.42 Å². The summed E-state index contributed by atoms with van der Waals surface area (Å²) in [6.45, 7) is 1.59. The number of thiophene rings is 1. The molecular formula is C16H21BrN2OS. The highest BCUT2D eigenvalue weighted by atomic mass is 79.9. The number of halogens is 1. The molecule has 1 aromatic carbocycles. The highest BCUT2D eigenvalue weighted by Crippen LogP contribution is 2.29. The summed E-state index contributed by atoms with van der Waals surface area (Å²) in [6, 6.07) is 10.7. The summed E-state index contributed by atoms with van der Waals surface area (Å²) in [5.74, 6) is 0.843. The van der Waals surface area contributed by atoms with Crippen LogP contribution >= 0.6 is 27.3 Å². The fraction of sp³-hybridized carbons (Fsp3) is 0.375. The molecule has 5 heteroatoms. The van der Waals surface area contributed by atoms with Gasteiger partial charge in [-0.3, -0.25) is 4.90 Å². The second-order valence-electron chi connectivity index (χ2n) is 4.96. The van der Waals surface area contributed by atoms with Crippen molar-refractivity contribution in [3.63, 3.8) is 0 Å². The molecule has 2 rings (SSSR count). The first-order valence-corrected chi connectivity index (χ1v) is 8.59. The van der Waals surface area contributed by atoms with E-state index in [1.807, 2.05) is 6.07 Å². The molecule has 0 spiro atoms. The SMILES string of the molecule is COc1ccc(C(CN)N(C)CCc2cccs2)cc1Br. The molecule has 0 aliphatic heterocycles. The Kier molecular flexibility index (Phi) is 6.23. The lowest BCUT2D eigenvalue weighted by molar-refractivity contribution is 0.253. The van der Waals surface area contributed by atoms with E-state index in [2.05, 4.69) is 57.5 Å². The van der Waals surface area contributed by atoms with Crippen LogP contribution in [0.5, 0.6) is 5.75 Å². The number of benzene rings is 1. The van der Waals surface area contributed by atoms with Crippen molar-refractivity contribution in [3.05, 3.63) is 50.6 Å². The van der Waals surface area contributed by atoms with Gasteiger partial charge in [0.25, 0.3) is 0 Å². The molecule has 114 valence electrons. The Balaban J connectivity index is 2.05. The van der Waals surface area contributed by atoms with Gasteiger partial charge in [-0.15, -0.1) is 11.3 Å². The van der Waals surface area contributed by atoms with Gasteiger partial charge >= 0.3 is 0 Å². The van der Waals surface area contributed by atoms with Crippen LogP contribution in [0.3, 0.4) is 0 Å². The van der Waals surface area contributed by atoms with E-state index in [-0.39, 0.29) is 6.04 Å². The van der Waals surface area contributed by atoms with Gasteiger partial charge in [0.1, 0.15) is 5.75 Å². The summed E-state index contributed by atoms with van der Waals surface area (Å²) in [5.41, 5.74) is 7.20. The predicted octanol–water partition coefficient (Wildman–Crippen LogP) is 3.69. The van der Waals surface area contributed by atoms with Crippen LogP contribution in [0, 0.1) is 0 Å². The lowest BCUT2D eigenvalue weighted by Crippen LogP contribution is -2.32. The highest BCUT2D eigenvalue weighted by Gasteiger charge is 2.16. The Morgan fingerprint density at radius 3 is 2.76 bits per heavy atom. The Morgan fingerprint density at radius 2 is 2.19 bits per heavy atom. The summed E-state index contributed by atoms with van der Waals surface area (Å²) >= 11 is 5.35. The summed E-state index contributed by atoms with van der Waals surface area (Å²) in [7, 11) is 3.80. The normalized spacial score (nSPS) is 12.6. The molecule has 1 unspecified atom stereocenters. The Hall–Kier alpha value is -0.880. The lowest BCUT2D eigenvalue weighted by Gasteiger charge is -2.27. The lowest BCUT2D eigenvalue weighted by atomic mass is 10.1. The first-order chi connectivity index (χ1) is 10.2. The van der Waals surface area contributed by atoms with E-state index >= 15 is 0 Å². The number of rotatable bonds is 7. The molecule has 1 heterocycles. The summed E-state index contributed by atoms with van der Waals surface area (Å²) < 4.78 is 6.25. The number of ether oxygens (including phenoxy) is 1. The maximum atomic E-state index is 5.99. The van der Waals surface area contributed by atoms with Crippen LogP contribution in [0.1, 0.15) is 16.5 Å². The topological polar surface area (TPSA) is 38.5 Å². The average Bonchev–Trinajstić information content (AvgIpc) is 2.99. The minimum Gasteiger partial charge on any atom is -0.496 e. The fourth-order valence-electron chi connectivity index (χ4n) is 2.36. The zero-order chi connectivity index (χ0) is 15.2. The molecule has 0 saturated heterocycles. The number of methoxy groups -OCH3 is 1. The van der Waals surface area contributed by atoms with E-state index in [9.17, 15) is 0 Å². The third kappa shape index (κ3) is 4.30. The van der Waals surface area contributed by atoms with E-state index < -0.39 is 0 Å². The molecule has 0 bridgehead atoms. The van der Waals surface area contributed by atoms with Gasteiger partial charge in [-0.1, -0.05) is 12.1 Å². The van der Waals surface area contributed by atoms with E-state index in [1.165, 1.54) is 10.4 Å². The Bertz CT molecular complexity index is 559. The van der Waals surface area contributed by atoms with Crippen molar-refractivity contribution in [2.45, 2.75) is 12.5 Å². The molecule has 2 N–H and O–H groups in total. The average molecular weight is 369 g/mol. The van der Waals surface area contributed by atoms with E-state index in [0.29, 0.717) is 6.54 Å². The van der Waals surface area contributed by atoms with Crippen LogP contribution in [0.25, 0.3) is 0 Å². The summed E-state index contributed by atoms with van der Waals surface area (Å²) in [4.78, 5) is 3.72. The maximum Gasteiger partial charge on any atom is 0.133 e.